The molecule has 1 heterocycles. The number of aromatic nitrogens is 2. The van der Waals surface area contributed by atoms with E-state index in [-0.39, 0.29) is 5.69 Å². The van der Waals surface area contributed by atoms with Gasteiger partial charge < -0.3 is 10.1 Å². The highest BCUT2D eigenvalue weighted by molar-refractivity contribution is 6.30. The van der Waals surface area contributed by atoms with E-state index < -0.39 is 23.5 Å². The summed E-state index contributed by atoms with van der Waals surface area (Å²) >= 11 is 5.79. The van der Waals surface area contributed by atoms with Crippen molar-refractivity contribution in [3.8, 4) is 0 Å². The third-order valence-electron chi connectivity index (χ3n) is 3.65. The van der Waals surface area contributed by atoms with Gasteiger partial charge >= 0.3 is 5.97 Å². The molecule has 0 saturated heterocycles. The molecule has 0 unspecified atom stereocenters. The smallest absolute Gasteiger partial charge is 0.360 e. The van der Waals surface area contributed by atoms with Crippen LogP contribution in [0.2, 0.25) is 5.02 Å². The van der Waals surface area contributed by atoms with Gasteiger partial charge in [0.1, 0.15) is 0 Å². The van der Waals surface area contributed by atoms with Crippen LogP contribution in [0.1, 0.15) is 17.4 Å². The van der Waals surface area contributed by atoms with Crippen molar-refractivity contribution in [2.24, 2.45) is 0 Å². The summed E-state index contributed by atoms with van der Waals surface area (Å²) in [7, 11) is 0. The minimum absolute atomic E-state index is 0.0636. The minimum atomic E-state index is -1.06. The molecule has 1 aromatic heterocycles. The number of anilines is 1. The van der Waals surface area contributed by atoms with Crippen molar-refractivity contribution in [3.05, 3.63) is 69.6 Å². The van der Waals surface area contributed by atoms with Gasteiger partial charge in [0, 0.05) is 16.1 Å². The third kappa shape index (κ3) is 3.73. The Labute approximate surface area is 152 Å². The Bertz CT molecular complexity index is 1030. The zero-order valence-electron chi connectivity index (χ0n) is 13.7. The molecular formula is C18H14ClN3O4. The van der Waals surface area contributed by atoms with Crippen LogP contribution in [0.25, 0.3) is 10.8 Å². The summed E-state index contributed by atoms with van der Waals surface area (Å²) in [5.74, 6) is -1.31. The van der Waals surface area contributed by atoms with Crippen LogP contribution in [-0.4, -0.2) is 28.2 Å². The zero-order chi connectivity index (χ0) is 18.7. The first-order chi connectivity index (χ1) is 12.5. The van der Waals surface area contributed by atoms with Crippen molar-refractivity contribution < 1.29 is 14.3 Å². The van der Waals surface area contributed by atoms with Crippen LogP contribution < -0.4 is 10.9 Å². The van der Waals surface area contributed by atoms with Gasteiger partial charge in [-0.3, -0.25) is 9.59 Å². The summed E-state index contributed by atoms with van der Waals surface area (Å²) < 4.78 is 5.18. The predicted octanol–water partition coefficient (Wildman–Crippen LogP) is 2.76. The number of nitrogens with one attached hydrogen (secondary N) is 2. The molecule has 8 heteroatoms. The van der Waals surface area contributed by atoms with Crippen LogP contribution >= 0.6 is 11.6 Å². The second-order valence-corrected chi connectivity index (χ2v) is 5.93. The number of H-pyrrole nitrogens is 1. The Morgan fingerprint density at radius 1 is 1.12 bits per heavy atom. The molecule has 0 aliphatic rings. The number of aromatic amines is 1. The lowest BCUT2D eigenvalue weighted by molar-refractivity contribution is -0.123. The van der Waals surface area contributed by atoms with Gasteiger partial charge in [-0.25, -0.2) is 9.89 Å². The number of halogens is 1. The van der Waals surface area contributed by atoms with E-state index in [1.54, 1.807) is 48.5 Å². The van der Waals surface area contributed by atoms with E-state index in [0.717, 1.165) is 0 Å². The summed E-state index contributed by atoms with van der Waals surface area (Å²) in [6.45, 7) is 1.44. The number of amides is 1. The van der Waals surface area contributed by atoms with Crippen LogP contribution in [-0.2, 0) is 9.53 Å². The fraction of sp³-hybridized carbons (Fsp3) is 0.111. The summed E-state index contributed by atoms with van der Waals surface area (Å²) in [4.78, 5) is 36.3. The van der Waals surface area contributed by atoms with Crippen molar-refractivity contribution >= 4 is 39.9 Å². The molecule has 3 rings (SSSR count). The summed E-state index contributed by atoms with van der Waals surface area (Å²) in [5.41, 5.74) is 0.0481. The fourth-order valence-electron chi connectivity index (χ4n) is 2.32. The Kier molecular flexibility index (Phi) is 4.99. The normalized spacial score (nSPS) is 11.8. The quantitative estimate of drug-likeness (QED) is 0.687. The molecule has 1 amide bonds. The van der Waals surface area contributed by atoms with Crippen LogP contribution in [0, 0.1) is 0 Å². The number of carbonyl (C=O) groups excluding carboxylic acids is 2. The Hall–Kier alpha value is -3.19. The highest BCUT2D eigenvalue weighted by Crippen LogP contribution is 2.16. The predicted molar refractivity (Wildman–Crippen MR) is 97.3 cm³/mol. The van der Waals surface area contributed by atoms with Crippen molar-refractivity contribution in [1.29, 1.82) is 0 Å². The number of rotatable bonds is 4. The maximum Gasteiger partial charge on any atom is 0.360 e. The Morgan fingerprint density at radius 2 is 1.77 bits per heavy atom. The van der Waals surface area contributed by atoms with Crippen molar-refractivity contribution in [3.63, 3.8) is 0 Å². The molecule has 2 N–H and O–H groups in total. The first-order valence-electron chi connectivity index (χ1n) is 7.70. The molecule has 26 heavy (non-hydrogen) atoms. The highest BCUT2D eigenvalue weighted by atomic mass is 35.5. The van der Waals surface area contributed by atoms with Gasteiger partial charge in [0.05, 0.1) is 5.39 Å². The number of fused-ring (bicyclic) bond motifs is 1. The molecule has 0 radical (unpaired) electrons. The monoisotopic (exact) mass is 371 g/mol. The molecule has 0 spiro atoms. The molecule has 1 atom stereocenters. The van der Waals surface area contributed by atoms with Gasteiger partial charge in [-0.15, -0.1) is 0 Å². The van der Waals surface area contributed by atoms with Gasteiger partial charge in [0.15, 0.2) is 11.8 Å². The molecule has 0 aliphatic carbocycles. The fourth-order valence-corrected chi connectivity index (χ4v) is 2.44. The number of nitrogens with zero attached hydrogens (tertiary/aromatic N) is 1. The van der Waals surface area contributed by atoms with Crippen LogP contribution in [0.5, 0.6) is 0 Å². The molecule has 0 aliphatic heterocycles. The zero-order valence-corrected chi connectivity index (χ0v) is 14.4. The van der Waals surface area contributed by atoms with E-state index in [1.165, 1.54) is 6.92 Å². The number of hydrogen-bond donors (Lipinski definition) is 2. The molecule has 3 aromatic rings. The molecule has 0 bridgehead atoms. The Balaban J connectivity index is 1.75. The summed E-state index contributed by atoms with van der Waals surface area (Å²) in [6, 6.07) is 13.0. The number of esters is 1. The number of ether oxygens (including phenoxy) is 1. The van der Waals surface area contributed by atoms with Gasteiger partial charge in [0.2, 0.25) is 0 Å². The molecule has 7 nitrogen and oxygen atoms in total. The highest BCUT2D eigenvalue weighted by Gasteiger charge is 2.22. The topological polar surface area (TPSA) is 101 Å². The van der Waals surface area contributed by atoms with Crippen LogP contribution in [0.3, 0.4) is 0 Å². The van der Waals surface area contributed by atoms with E-state index in [1.807, 2.05) is 0 Å². The van der Waals surface area contributed by atoms with Gasteiger partial charge in [0.25, 0.3) is 11.5 Å². The van der Waals surface area contributed by atoms with Gasteiger partial charge in [-0.05, 0) is 37.3 Å². The maximum atomic E-state index is 12.4. The molecular weight excluding hydrogens is 358 g/mol. The van der Waals surface area contributed by atoms with Crippen molar-refractivity contribution in [2.75, 3.05) is 5.32 Å². The largest absolute Gasteiger partial charge is 0.448 e. The second-order valence-electron chi connectivity index (χ2n) is 5.49. The van der Waals surface area contributed by atoms with Crippen LogP contribution in [0.15, 0.2) is 53.3 Å². The number of benzene rings is 2. The lowest BCUT2D eigenvalue weighted by atomic mass is 10.1. The van der Waals surface area contributed by atoms with Gasteiger partial charge in [-0.1, -0.05) is 29.8 Å². The molecule has 0 saturated carbocycles. The lowest BCUT2D eigenvalue weighted by Crippen LogP contribution is -2.30. The van der Waals surface area contributed by atoms with Crippen molar-refractivity contribution in [1.82, 2.24) is 10.2 Å². The third-order valence-corrected chi connectivity index (χ3v) is 3.91. The maximum absolute atomic E-state index is 12.4. The second kappa shape index (κ2) is 7.37. The van der Waals surface area contributed by atoms with Crippen molar-refractivity contribution in [2.45, 2.75) is 13.0 Å². The average Bonchev–Trinajstić information content (AvgIpc) is 2.64. The van der Waals surface area contributed by atoms with Crippen LogP contribution in [0.4, 0.5) is 5.69 Å². The first kappa shape index (κ1) is 17.6. The van der Waals surface area contributed by atoms with E-state index in [2.05, 4.69) is 15.5 Å². The van der Waals surface area contributed by atoms with E-state index in [4.69, 9.17) is 16.3 Å². The number of hydrogen-bond acceptors (Lipinski definition) is 5. The molecule has 0 fully saturated rings. The van der Waals surface area contributed by atoms with E-state index in [9.17, 15) is 14.4 Å². The Morgan fingerprint density at radius 3 is 2.46 bits per heavy atom. The summed E-state index contributed by atoms with van der Waals surface area (Å²) in [5, 5.41) is 9.83. The minimum Gasteiger partial charge on any atom is -0.448 e. The number of carbonyl (C=O) groups is 2. The molecule has 132 valence electrons. The lowest BCUT2D eigenvalue weighted by Gasteiger charge is -2.13. The molecule has 2 aromatic carbocycles. The first-order valence-corrected chi connectivity index (χ1v) is 8.08. The standard InChI is InChI=1S/C18H14ClN3O4/c1-10(16(23)20-12-8-6-11(19)7-9-12)26-18(25)15-13-4-2-3-5-14(13)17(24)22-21-15/h2-10H,1H3,(H,20,23)(H,22,24)/t10-/m1/s1. The SMILES string of the molecule is C[C@@H](OC(=O)c1n[nH]c(=O)c2ccccc12)C(=O)Nc1ccc(Cl)cc1. The van der Waals surface area contributed by atoms with Gasteiger partial charge in [-0.2, -0.15) is 5.10 Å². The average molecular weight is 372 g/mol. The van der Waals surface area contributed by atoms with E-state index in [0.29, 0.717) is 21.5 Å². The summed E-state index contributed by atoms with van der Waals surface area (Å²) in [6.07, 6.45) is -1.06. The van der Waals surface area contributed by atoms with E-state index >= 15 is 0 Å².